The Balaban J connectivity index is 0.000000282. The predicted octanol–water partition coefficient (Wildman–Crippen LogP) is 28.3. The van der Waals surface area contributed by atoms with Crippen LogP contribution in [0.3, 0.4) is 0 Å². The van der Waals surface area contributed by atoms with Gasteiger partial charge in [-0.15, -0.1) is 32.2 Å². The number of carboxylic acid groups (broad SMARTS) is 1. The van der Waals surface area contributed by atoms with Gasteiger partial charge in [-0.05, 0) is 152 Å². The number of carbonyl (C=O) groups is 2. The molecule has 0 fully saturated rings. The molecule has 0 unspecified atom stereocenters. The number of halogens is 9. The molecule has 140 heavy (non-hydrogen) atoms. The Hall–Kier alpha value is -11.9. The van der Waals surface area contributed by atoms with Gasteiger partial charge < -0.3 is 47.7 Å². The molecule has 0 amide bonds. The summed E-state index contributed by atoms with van der Waals surface area (Å²) in [6.07, 6.45) is -2.03. The molecule has 0 atom stereocenters. The lowest BCUT2D eigenvalue weighted by atomic mass is 10.1. The minimum absolute atomic E-state index is 0.0442. The van der Waals surface area contributed by atoms with E-state index < -0.39 is 69.4 Å². The zero-order valence-electron chi connectivity index (χ0n) is 76.0. The minimum Gasteiger partial charge on any atom is -0.489 e. The van der Waals surface area contributed by atoms with Crippen molar-refractivity contribution in [2.75, 3.05) is 12.7 Å². The summed E-state index contributed by atoms with van der Waals surface area (Å²) in [6.45, 7) is 7.46. The summed E-state index contributed by atoms with van der Waals surface area (Å²) in [7, 11) is -15.8. The second-order valence-corrected chi connectivity index (χ2v) is 37.1. The summed E-state index contributed by atoms with van der Waals surface area (Å²) >= 11 is 17.8. The molecule has 734 valence electrons. The van der Waals surface area contributed by atoms with Crippen molar-refractivity contribution in [1.29, 1.82) is 10.5 Å². The number of nitrogens with zero attached hydrogens (tertiary/aromatic N) is 2. The van der Waals surface area contributed by atoms with Crippen LogP contribution >= 0.6 is 78.5 Å². The highest BCUT2D eigenvalue weighted by Crippen LogP contribution is 2.51. The fraction of sp³-hybridized carbons (Fsp3) is 0.170. The summed E-state index contributed by atoms with van der Waals surface area (Å²) in [5.41, 5.74) is 9.21. The first-order valence-corrected chi connectivity index (χ1v) is 51.5. The molecule has 0 aromatic heterocycles. The molecule has 0 saturated heterocycles. The van der Waals surface area contributed by atoms with Crippen LogP contribution in [0, 0.1) is 48.1 Å². The van der Waals surface area contributed by atoms with Crippen LogP contribution in [-0.2, 0) is 142 Å². The van der Waals surface area contributed by atoms with Gasteiger partial charge in [0.05, 0.1) is 49.7 Å². The van der Waals surface area contributed by atoms with Gasteiger partial charge in [-0.3, -0.25) is 13.3 Å². The molecule has 0 spiro atoms. The van der Waals surface area contributed by atoms with E-state index in [1.165, 1.54) is 46.5 Å². The molecule has 0 aliphatic carbocycles. The number of aromatic carboxylic acids is 1. The molecule has 21 nitrogen and oxygen atoms in total. The third-order valence-electron chi connectivity index (χ3n) is 18.0. The lowest BCUT2D eigenvalue weighted by Gasteiger charge is -2.19. The number of rotatable bonds is 34. The van der Waals surface area contributed by atoms with E-state index in [2.05, 4.69) is 79.4 Å². The number of carbonyl (C=O) groups excluding carboxylic acids is 1. The Kier molecular flexibility index (Phi) is 57.8. The smallest absolute Gasteiger partial charge is 0.489 e. The average Bonchev–Trinajstić information content (AvgIpc) is 0.821. The van der Waals surface area contributed by atoms with Gasteiger partial charge in [0, 0.05) is 27.0 Å². The molecule has 14 aromatic carbocycles. The van der Waals surface area contributed by atoms with Crippen LogP contribution in [-0.4, -0.2) is 54.7 Å². The number of aliphatic hydroxyl groups is 2. The number of benzene rings is 14. The number of aryl methyl sites for hydroxylation is 2. The van der Waals surface area contributed by atoms with Crippen LogP contribution in [0.4, 0.5) is 22.0 Å². The Bertz CT molecular complexity index is 5990. The second kappa shape index (κ2) is 68.3. The number of hydrogen-bond donors (Lipinski definition) is 3. The van der Waals surface area contributed by atoms with Crippen LogP contribution in [0.1, 0.15) is 105 Å². The molecule has 14 rings (SSSR count). The first-order chi connectivity index (χ1) is 67.5. The van der Waals surface area contributed by atoms with Crippen molar-refractivity contribution in [1.82, 2.24) is 0 Å². The maximum atomic E-state index is 12.7. The number of nitriles is 2. The molecule has 0 saturated carbocycles. The number of aliphatic hydroxyl groups excluding tert-OH is 2. The fourth-order valence-electron chi connectivity index (χ4n) is 10.8. The lowest BCUT2D eigenvalue weighted by Crippen LogP contribution is -2.26. The van der Waals surface area contributed by atoms with Crippen LogP contribution in [0.2, 0.25) is 0 Å². The Morgan fingerprint density at radius 2 is 0.707 bits per heavy atom. The quantitative estimate of drug-likeness (QED) is 0.0111. The number of carboxylic acids is 1. The van der Waals surface area contributed by atoms with E-state index in [0.717, 1.165) is 66.9 Å². The van der Waals surface area contributed by atoms with E-state index in [9.17, 15) is 54.0 Å². The van der Waals surface area contributed by atoms with Gasteiger partial charge in [-0.25, -0.2) is 13.6 Å². The second-order valence-electron chi connectivity index (χ2n) is 28.8. The van der Waals surface area contributed by atoms with Crippen molar-refractivity contribution in [2.45, 2.75) is 101 Å². The van der Waals surface area contributed by atoms with Crippen molar-refractivity contribution < 1.29 is 110 Å². The highest BCUT2D eigenvalue weighted by molar-refractivity contribution is 9.08. The van der Waals surface area contributed by atoms with E-state index in [1.54, 1.807) is 109 Å². The predicted molar refractivity (Wildman–Crippen MR) is 542 cm³/mol. The molecule has 34 heteroatoms. The van der Waals surface area contributed by atoms with Gasteiger partial charge in [0.2, 0.25) is 0 Å². The summed E-state index contributed by atoms with van der Waals surface area (Å²) < 4.78 is 167. The summed E-state index contributed by atoms with van der Waals surface area (Å²) in [5.74, 6) is 0.835. The van der Waals surface area contributed by atoms with E-state index in [0.29, 0.717) is 54.6 Å². The average molecular weight is 2160 g/mol. The van der Waals surface area contributed by atoms with Crippen molar-refractivity contribution in [3.05, 3.63) is 488 Å². The minimum atomic E-state index is -5.93. The Morgan fingerprint density at radius 3 is 1.04 bits per heavy atom. The SMILES string of the molecule is BrCc1cccc(OCc2ccccc2)c1.C=O.Cc1ccc(F)c(C#N)c1.Cc1cccc(CCl)c1.N#Cc1cc(CBr)ccc1F.O=C(O)c1cccc(CCl)c1.O=P(CO)(OCc1ccccc1)OCc1ccccc1.O=P(COS(=O)(=O)C(F)(F)F)(OCc1ccccc1)OCc1ccccc1.O=[P+](OCc1ccccc1)OCc1ccccc1.OCc1cccc(OCc2ccccc2)c1. The van der Waals surface area contributed by atoms with Gasteiger partial charge in [0.25, 0.3) is 0 Å². The number of hydrogen-bond acceptors (Lipinski definition) is 20. The summed E-state index contributed by atoms with van der Waals surface area (Å²) in [4.78, 5) is 18.4. The van der Waals surface area contributed by atoms with E-state index in [1.807, 2.05) is 232 Å². The third kappa shape index (κ3) is 49.8. The Labute approximate surface area is 841 Å². The van der Waals surface area contributed by atoms with Gasteiger partial charge >= 0.3 is 45.0 Å². The van der Waals surface area contributed by atoms with Crippen LogP contribution in [0.5, 0.6) is 11.5 Å². The van der Waals surface area contributed by atoms with Crippen LogP contribution in [0.25, 0.3) is 0 Å². The largest absolute Gasteiger partial charge is 0.698 e. The highest BCUT2D eigenvalue weighted by atomic mass is 79.9. The zero-order chi connectivity index (χ0) is 102. The van der Waals surface area contributed by atoms with Gasteiger partial charge in [-0.1, -0.05) is 353 Å². The zero-order valence-corrected chi connectivity index (χ0v) is 84.2. The molecular formula is C106H103Br2Cl2F5N2O19P3S+. The molecule has 0 aliphatic heterocycles. The molecule has 0 aliphatic rings. The van der Waals surface area contributed by atoms with Gasteiger partial charge in [-0.2, -0.15) is 32.1 Å². The monoisotopic (exact) mass is 2160 g/mol. The van der Waals surface area contributed by atoms with Crippen molar-refractivity contribution in [2.24, 2.45) is 0 Å². The van der Waals surface area contributed by atoms with Crippen LogP contribution < -0.4 is 9.47 Å². The molecule has 0 bridgehead atoms. The summed E-state index contributed by atoms with van der Waals surface area (Å²) in [6, 6.07) is 118. The molecule has 3 N–H and O–H groups in total. The molecular weight excluding hydrogens is 2060 g/mol. The highest BCUT2D eigenvalue weighted by Gasteiger charge is 2.49. The first kappa shape index (κ1) is 119. The molecule has 0 heterocycles. The normalized spacial score (nSPS) is 10.5. The van der Waals surface area contributed by atoms with Crippen molar-refractivity contribution in [3.63, 3.8) is 0 Å². The van der Waals surface area contributed by atoms with Crippen molar-refractivity contribution in [3.8, 4) is 23.6 Å². The van der Waals surface area contributed by atoms with E-state index in [4.69, 9.17) is 85.3 Å². The number of ether oxygens (including phenoxy) is 2. The standard InChI is InChI=1S/C16H16F3O6PS.C15H17O4P.C14H13BrO.C14H14O3P.C14H14O2.C8H5BrFN.C8H7ClO2.C8H9Cl.C8H6FN.CH2O/c17-16(18,19)27(21,22)25-13-26(20,23-11-14-7-3-1-4-8-14)24-12-15-9-5-2-6-10-15;16-13-20(17,18-11-14-7-3-1-4-8-14)19-12-15-9-5-2-6-10-15;15-10-13-7-4-8-14(9-13)16-11-12-5-2-1-3-6-12;15-18(16-11-13-7-3-1-4-8-13)17-12-14-9-5-2-6-10-14;15-10-13-7-4-8-14(9-13)16-11-12-5-2-1-3-6-12;9-4-6-1-2-8(10)7(3-6)5-11;9-5-6-2-1-3-7(4-6)8(10)11;1-7-3-2-4-8(5-7)6-9;1-6-2-3-8(9)7(4-6)5-10;1-2/h1-10H,11-13H2;1-10,16H,11-13H2;1-9H,10-11H2;1-10H,11-12H2;1-9,15H,10-11H2;1-3H,4H2;1-4H,5H2,(H,10,11);2-5H,6H2,1H3;2-4H,1H3;1H2/q;;;+1;;;;;;. The molecule has 0 radical (unpaired) electrons. The maximum Gasteiger partial charge on any atom is 0.698 e. The Morgan fingerprint density at radius 1 is 0.400 bits per heavy atom. The lowest BCUT2D eigenvalue weighted by molar-refractivity contribution is -0.0980. The summed E-state index contributed by atoms with van der Waals surface area (Å²) in [5, 5.41) is 45.1. The fourth-order valence-corrected chi connectivity index (χ4v) is 15.5. The van der Waals surface area contributed by atoms with Crippen molar-refractivity contribution >= 4 is 101 Å². The van der Waals surface area contributed by atoms with Crippen LogP contribution in [0.15, 0.2) is 376 Å². The van der Waals surface area contributed by atoms with E-state index >= 15 is 0 Å². The maximum absolute atomic E-state index is 12.7. The van der Waals surface area contributed by atoms with E-state index in [-0.39, 0.29) is 49.7 Å². The first-order valence-electron chi connectivity index (χ1n) is 42.2. The number of alkyl halides is 7. The third-order valence-corrected chi connectivity index (χ3v) is 24.7. The molecule has 14 aromatic rings. The van der Waals surface area contributed by atoms with Gasteiger partial charge in [0.1, 0.15) is 74.8 Å². The van der Waals surface area contributed by atoms with Gasteiger partial charge in [0.15, 0.2) is 6.35 Å². The topological polar surface area (TPSA) is 311 Å².